The van der Waals surface area contributed by atoms with Crippen LogP contribution in [0.2, 0.25) is 0 Å². The molecule has 1 unspecified atom stereocenters. The van der Waals surface area contributed by atoms with E-state index >= 15 is 0 Å². The highest BCUT2D eigenvalue weighted by Gasteiger charge is 2.54. The normalized spacial score (nSPS) is 31.9. The molecule has 3 heteroatoms. The van der Waals surface area contributed by atoms with Crippen molar-refractivity contribution in [2.45, 2.75) is 72.0 Å². The Kier molecular flexibility index (Phi) is 5.36. The van der Waals surface area contributed by atoms with E-state index in [2.05, 4.69) is 31.1 Å². The molecule has 2 spiro atoms. The summed E-state index contributed by atoms with van der Waals surface area (Å²) in [6, 6.07) is 0.899. The van der Waals surface area contributed by atoms with Gasteiger partial charge in [-0.25, -0.2) is 4.39 Å². The van der Waals surface area contributed by atoms with Crippen LogP contribution in [0.25, 0.3) is 0 Å². The first-order chi connectivity index (χ1) is 9.96. The number of hydrogen-bond donors (Lipinski definition) is 1. The number of rotatable bonds is 1. The summed E-state index contributed by atoms with van der Waals surface area (Å²) in [6.45, 7) is 12.2. The zero-order chi connectivity index (χ0) is 15.7. The number of hydrogen-bond acceptors (Lipinski definition) is 2. The Morgan fingerprint density at radius 2 is 1.71 bits per heavy atom. The van der Waals surface area contributed by atoms with Gasteiger partial charge in [0.1, 0.15) is 6.17 Å². The molecule has 2 aliphatic carbocycles. The lowest BCUT2D eigenvalue weighted by Crippen LogP contribution is -2.67. The van der Waals surface area contributed by atoms with Crippen molar-refractivity contribution < 1.29 is 4.39 Å². The van der Waals surface area contributed by atoms with Crippen molar-refractivity contribution in [3.8, 4) is 0 Å². The van der Waals surface area contributed by atoms with E-state index in [1.54, 1.807) is 0 Å². The van der Waals surface area contributed by atoms with Gasteiger partial charge in [-0.3, -0.25) is 0 Å². The molecule has 21 heavy (non-hydrogen) atoms. The van der Waals surface area contributed by atoms with Gasteiger partial charge in [-0.05, 0) is 44.1 Å². The highest BCUT2D eigenvalue weighted by atomic mass is 19.1. The molecular weight excluding hydrogens is 263 g/mol. The maximum absolute atomic E-state index is 12.2. The smallest absolute Gasteiger partial charge is 0.101 e. The van der Waals surface area contributed by atoms with Crippen molar-refractivity contribution in [2.75, 3.05) is 26.7 Å². The van der Waals surface area contributed by atoms with Crippen LogP contribution < -0.4 is 5.32 Å². The van der Waals surface area contributed by atoms with E-state index in [0.29, 0.717) is 5.41 Å². The Balaban J connectivity index is 0.000000143. The molecule has 4 aliphatic rings. The molecule has 2 aliphatic heterocycles. The molecule has 2 saturated heterocycles. The molecule has 124 valence electrons. The van der Waals surface area contributed by atoms with Crippen LogP contribution in [-0.4, -0.2) is 43.8 Å². The second-order valence-corrected chi connectivity index (χ2v) is 7.93. The molecule has 1 N–H and O–H groups in total. The van der Waals surface area contributed by atoms with Gasteiger partial charge in [0.05, 0.1) is 0 Å². The first-order valence-corrected chi connectivity index (χ1v) is 9.02. The zero-order valence-electron chi connectivity index (χ0n) is 14.7. The first kappa shape index (κ1) is 17.2. The Morgan fingerprint density at radius 1 is 1.14 bits per heavy atom. The number of alkyl halides is 1. The van der Waals surface area contributed by atoms with Crippen LogP contribution in [0.4, 0.5) is 4.39 Å². The highest BCUT2D eigenvalue weighted by molar-refractivity contribution is 5.08. The summed E-state index contributed by atoms with van der Waals surface area (Å²) in [5.74, 6) is 0.856. The number of nitrogens with zero attached hydrogens (tertiary/aromatic N) is 1. The molecule has 0 amide bonds. The zero-order valence-corrected chi connectivity index (χ0v) is 14.7. The highest BCUT2D eigenvalue weighted by Crippen LogP contribution is 2.54. The minimum Gasteiger partial charge on any atom is -0.316 e. The Hall–Kier alpha value is -0.150. The quantitative estimate of drug-likeness (QED) is 0.791. The van der Waals surface area contributed by atoms with E-state index in [1.807, 2.05) is 13.8 Å². The SMILES string of the molecule is CC.CC(C)C1N(C)CC12CCC2.FC1CC2(CNC2)C1. The average molecular weight is 298 g/mol. The van der Waals surface area contributed by atoms with Gasteiger partial charge >= 0.3 is 0 Å². The van der Waals surface area contributed by atoms with Crippen LogP contribution in [-0.2, 0) is 0 Å². The second-order valence-electron chi connectivity index (χ2n) is 7.93. The molecule has 0 aromatic carbocycles. The van der Waals surface area contributed by atoms with Gasteiger partial charge in [0.25, 0.3) is 0 Å². The van der Waals surface area contributed by atoms with E-state index in [-0.39, 0.29) is 0 Å². The van der Waals surface area contributed by atoms with Crippen LogP contribution in [0.3, 0.4) is 0 Å². The third-order valence-electron chi connectivity index (χ3n) is 5.96. The predicted molar refractivity (Wildman–Crippen MR) is 88.3 cm³/mol. The number of halogens is 1. The van der Waals surface area contributed by atoms with Gasteiger partial charge in [-0.15, -0.1) is 0 Å². The summed E-state index contributed by atoms with van der Waals surface area (Å²) in [7, 11) is 2.27. The third-order valence-corrected chi connectivity index (χ3v) is 5.96. The largest absolute Gasteiger partial charge is 0.316 e. The van der Waals surface area contributed by atoms with Gasteiger partial charge in [-0.1, -0.05) is 34.1 Å². The van der Waals surface area contributed by atoms with E-state index in [0.717, 1.165) is 43.3 Å². The number of likely N-dealkylation sites (tertiary alicyclic amines) is 1. The standard InChI is InChI=1S/C10H19N.C6H10FN.C2H6/c1-8(2)9-10(5-4-6-10)7-11(9)3;7-5-1-6(2-5)3-8-4-6;1-2/h8-9H,4-7H2,1-3H3;5,8H,1-4H2;1-2H3. The van der Waals surface area contributed by atoms with Crippen LogP contribution in [0.5, 0.6) is 0 Å². The molecule has 2 nitrogen and oxygen atoms in total. The average Bonchev–Trinajstić information content (AvgIpc) is 2.29. The lowest BCUT2D eigenvalue weighted by Gasteiger charge is -2.63. The fourth-order valence-electron chi connectivity index (χ4n) is 4.99. The fourth-order valence-corrected chi connectivity index (χ4v) is 4.99. The maximum atomic E-state index is 12.2. The van der Waals surface area contributed by atoms with Gasteiger partial charge in [0.2, 0.25) is 0 Å². The summed E-state index contributed by atoms with van der Waals surface area (Å²) >= 11 is 0. The first-order valence-electron chi connectivity index (χ1n) is 9.02. The van der Waals surface area contributed by atoms with E-state index in [4.69, 9.17) is 0 Å². The summed E-state index contributed by atoms with van der Waals surface area (Å²) in [4.78, 5) is 2.53. The van der Waals surface area contributed by atoms with Gasteiger partial charge < -0.3 is 10.2 Å². The van der Waals surface area contributed by atoms with Gasteiger partial charge in [-0.2, -0.15) is 0 Å². The van der Waals surface area contributed by atoms with E-state index in [1.165, 1.54) is 25.8 Å². The summed E-state index contributed by atoms with van der Waals surface area (Å²) in [6.07, 6.45) is 5.65. The van der Waals surface area contributed by atoms with E-state index in [9.17, 15) is 4.39 Å². The van der Waals surface area contributed by atoms with Crippen LogP contribution in [0.15, 0.2) is 0 Å². The summed E-state index contributed by atoms with van der Waals surface area (Å²) < 4.78 is 12.2. The van der Waals surface area contributed by atoms with Gasteiger partial charge in [0, 0.05) is 31.1 Å². The summed E-state index contributed by atoms with van der Waals surface area (Å²) in [5.41, 5.74) is 1.21. The topological polar surface area (TPSA) is 15.3 Å². The third kappa shape index (κ3) is 3.14. The molecule has 2 heterocycles. The molecule has 1 atom stereocenters. The Labute approximate surface area is 130 Å². The van der Waals surface area contributed by atoms with Crippen LogP contribution in [0, 0.1) is 16.7 Å². The lowest BCUT2D eigenvalue weighted by atomic mass is 9.56. The molecule has 4 fully saturated rings. The molecule has 0 bridgehead atoms. The molecule has 0 aromatic heterocycles. The van der Waals surface area contributed by atoms with Crippen molar-refractivity contribution in [2.24, 2.45) is 16.7 Å². The minimum atomic E-state index is -0.475. The molecule has 0 aromatic rings. The van der Waals surface area contributed by atoms with Crippen molar-refractivity contribution in [3.05, 3.63) is 0 Å². The van der Waals surface area contributed by atoms with E-state index < -0.39 is 6.17 Å². The molecule has 2 saturated carbocycles. The fraction of sp³-hybridized carbons (Fsp3) is 1.00. The Bertz CT molecular complexity index is 321. The Morgan fingerprint density at radius 3 is 1.86 bits per heavy atom. The molecule has 0 radical (unpaired) electrons. The summed E-state index contributed by atoms with van der Waals surface area (Å²) in [5, 5.41) is 3.16. The van der Waals surface area contributed by atoms with Crippen molar-refractivity contribution >= 4 is 0 Å². The minimum absolute atomic E-state index is 0.430. The van der Waals surface area contributed by atoms with Gasteiger partial charge in [0.15, 0.2) is 0 Å². The van der Waals surface area contributed by atoms with Crippen LogP contribution >= 0.6 is 0 Å². The van der Waals surface area contributed by atoms with Crippen molar-refractivity contribution in [3.63, 3.8) is 0 Å². The van der Waals surface area contributed by atoms with Crippen molar-refractivity contribution in [1.82, 2.24) is 10.2 Å². The second kappa shape index (κ2) is 6.54. The monoisotopic (exact) mass is 298 g/mol. The molecule has 4 rings (SSSR count). The van der Waals surface area contributed by atoms with Crippen LogP contribution in [0.1, 0.15) is 59.8 Å². The molecular formula is C18H35FN2. The predicted octanol–water partition coefficient (Wildman–Crippen LogP) is 3.86. The number of nitrogens with one attached hydrogen (secondary N) is 1. The maximum Gasteiger partial charge on any atom is 0.101 e. The van der Waals surface area contributed by atoms with Crippen molar-refractivity contribution in [1.29, 1.82) is 0 Å². The lowest BCUT2D eigenvalue weighted by molar-refractivity contribution is -0.130.